The second kappa shape index (κ2) is 10.1. The standard InChI is InChI=1S/C25H28N4O2S/c1-17-5-7-20(8-6-17)25-28-22(16-32-25)14-23(30)27-21-4-2-3-18(13-21)15-29-11-9-19(10-12-29)24(26)31/h2-8,13,16,19H,9-12,14-15H2,1H3,(H2,26,31)(H,27,30). The highest BCUT2D eigenvalue weighted by Crippen LogP contribution is 2.24. The number of nitrogens with zero attached hydrogens (tertiary/aromatic N) is 2. The summed E-state index contributed by atoms with van der Waals surface area (Å²) >= 11 is 1.55. The average Bonchev–Trinajstić information content (AvgIpc) is 3.23. The second-order valence-corrected chi connectivity index (χ2v) is 9.25. The molecule has 6 nitrogen and oxygen atoms in total. The number of aromatic nitrogens is 1. The first kappa shape index (κ1) is 22.2. The summed E-state index contributed by atoms with van der Waals surface area (Å²) in [6.07, 6.45) is 1.86. The third-order valence-corrected chi connectivity index (χ3v) is 6.74. The third kappa shape index (κ3) is 5.81. The summed E-state index contributed by atoms with van der Waals surface area (Å²) in [6.45, 7) is 4.57. The molecule has 1 aliphatic heterocycles. The van der Waals surface area contributed by atoms with Gasteiger partial charge in [0.05, 0.1) is 12.1 Å². The smallest absolute Gasteiger partial charge is 0.230 e. The molecule has 0 aliphatic carbocycles. The van der Waals surface area contributed by atoms with Crippen LogP contribution in [0, 0.1) is 12.8 Å². The van der Waals surface area contributed by atoms with E-state index in [0.717, 1.165) is 60.0 Å². The molecule has 0 saturated carbocycles. The van der Waals surface area contributed by atoms with Crippen LogP contribution in [0.5, 0.6) is 0 Å². The molecule has 2 amide bonds. The molecule has 0 radical (unpaired) electrons. The summed E-state index contributed by atoms with van der Waals surface area (Å²) in [7, 11) is 0. The van der Waals surface area contributed by atoms with Crippen LogP contribution >= 0.6 is 11.3 Å². The van der Waals surface area contributed by atoms with Crippen LogP contribution in [-0.2, 0) is 22.6 Å². The third-order valence-electron chi connectivity index (χ3n) is 5.80. The first-order chi connectivity index (χ1) is 15.5. The molecule has 166 valence electrons. The Morgan fingerprint density at radius 3 is 2.62 bits per heavy atom. The molecule has 2 aromatic carbocycles. The number of rotatable bonds is 7. The zero-order valence-electron chi connectivity index (χ0n) is 18.2. The van der Waals surface area contributed by atoms with Crippen molar-refractivity contribution in [1.82, 2.24) is 9.88 Å². The number of thiazole rings is 1. The fraction of sp³-hybridized carbons (Fsp3) is 0.320. The number of aryl methyl sites for hydroxylation is 1. The Kier molecular flexibility index (Phi) is 6.97. The van der Waals surface area contributed by atoms with Crippen molar-refractivity contribution >= 4 is 28.8 Å². The number of hydrogen-bond donors (Lipinski definition) is 2. The molecule has 0 bridgehead atoms. The summed E-state index contributed by atoms with van der Waals surface area (Å²) in [5, 5.41) is 5.86. The van der Waals surface area contributed by atoms with Crippen LogP contribution in [0.15, 0.2) is 53.9 Å². The van der Waals surface area contributed by atoms with E-state index in [1.807, 2.05) is 23.6 Å². The van der Waals surface area contributed by atoms with Gasteiger partial charge in [-0.1, -0.05) is 42.0 Å². The predicted molar refractivity (Wildman–Crippen MR) is 128 cm³/mol. The molecule has 4 rings (SSSR count). The highest BCUT2D eigenvalue weighted by molar-refractivity contribution is 7.13. The van der Waals surface area contributed by atoms with Crippen LogP contribution in [-0.4, -0.2) is 34.8 Å². The predicted octanol–water partition coefficient (Wildman–Crippen LogP) is 4.00. The monoisotopic (exact) mass is 448 g/mol. The van der Waals surface area contributed by atoms with Gasteiger partial charge in [0.25, 0.3) is 0 Å². The highest BCUT2D eigenvalue weighted by Gasteiger charge is 2.23. The van der Waals surface area contributed by atoms with E-state index in [4.69, 9.17) is 5.73 Å². The maximum atomic E-state index is 12.6. The largest absolute Gasteiger partial charge is 0.369 e. The van der Waals surface area contributed by atoms with Gasteiger partial charge in [-0.05, 0) is 50.6 Å². The molecule has 1 saturated heterocycles. The van der Waals surface area contributed by atoms with E-state index >= 15 is 0 Å². The average molecular weight is 449 g/mol. The first-order valence-corrected chi connectivity index (χ1v) is 11.8. The van der Waals surface area contributed by atoms with Gasteiger partial charge in [-0.15, -0.1) is 11.3 Å². The molecule has 0 spiro atoms. The van der Waals surface area contributed by atoms with Crippen LogP contribution in [0.25, 0.3) is 10.6 Å². The Morgan fingerprint density at radius 2 is 1.91 bits per heavy atom. The van der Waals surface area contributed by atoms with Crippen molar-refractivity contribution in [2.45, 2.75) is 32.7 Å². The number of benzene rings is 2. The van der Waals surface area contributed by atoms with Crippen molar-refractivity contribution < 1.29 is 9.59 Å². The minimum absolute atomic E-state index is 0.00545. The first-order valence-electron chi connectivity index (χ1n) is 10.9. The van der Waals surface area contributed by atoms with E-state index in [0.29, 0.717) is 0 Å². The van der Waals surface area contributed by atoms with Crippen LogP contribution in [0.1, 0.15) is 29.7 Å². The number of piperidine rings is 1. The Balaban J connectivity index is 1.31. The van der Waals surface area contributed by atoms with Crippen LogP contribution in [0.4, 0.5) is 5.69 Å². The number of likely N-dealkylation sites (tertiary alicyclic amines) is 1. The van der Waals surface area contributed by atoms with Gasteiger partial charge in [0.2, 0.25) is 11.8 Å². The molecule has 7 heteroatoms. The molecule has 1 aromatic heterocycles. The van der Waals surface area contributed by atoms with Crippen LogP contribution in [0.3, 0.4) is 0 Å². The van der Waals surface area contributed by atoms with Crippen molar-refractivity contribution in [1.29, 1.82) is 0 Å². The van der Waals surface area contributed by atoms with Crippen molar-refractivity contribution in [3.63, 3.8) is 0 Å². The van der Waals surface area contributed by atoms with E-state index in [1.165, 1.54) is 5.56 Å². The quantitative estimate of drug-likeness (QED) is 0.572. The lowest BCUT2D eigenvalue weighted by molar-refractivity contribution is -0.123. The fourth-order valence-corrected chi connectivity index (χ4v) is 4.79. The second-order valence-electron chi connectivity index (χ2n) is 8.39. The minimum atomic E-state index is -0.194. The van der Waals surface area contributed by atoms with Crippen LogP contribution in [0.2, 0.25) is 0 Å². The van der Waals surface area contributed by atoms with Crippen LogP contribution < -0.4 is 11.1 Å². The number of anilines is 1. The van der Waals surface area contributed by atoms with Gasteiger partial charge in [-0.3, -0.25) is 14.5 Å². The summed E-state index contributed by atoms with van der Waals surface area (Å²) in [4.78, 5) is 30.9. The molecule has 2 heterocycles. The highest BCUT2D eigenvalue weighted by atomic mass is 32.1. The molecule has 0 atom stereocenters. The summed E-state index contributed by atoms with van der Waals surface area (Å²) in [5.74, 6) is -0.278. The van der Waals surface area contributed by atoms with E-state index in [9.17, 15) is 9.59 Å². The number of nitrogens with one attached hydrogen (secondary N) is 1. The number of carbonyl (C=O) groups excluding carboxylic acids is 2. The number of hydrogen-bond acceptors (Lipinski definition) is 5. The van der Waals surface area contributed by atoms with E-state index in [2.05, 4.69) is 52.5 Å². The SMILES string of the molecule is Cc1ccc(-c2nc(CC(=O)Nc3cccc(CN4CCC(C(N)=O)CC4)c3)cs2)cc1. The van der Waals surface area contributed by atoms with Gasteiger partial charge in [-0.25, -0.2) is 4.98 Å². The minimum Gasteiger partial charge on any atom is -0.369 e. The van der Waals surface area contributed by atoms with Gasteiger partial charge < -0.3 is 11.1 Å². The molecule has 3 aromatic rings. The molecular formula is C25H28N4O2S. The zero-order chi connectivity index (χ0) is 22.5. The zero-order valence-corrected chi connectivity index (χ0v) is 19.0. The Hall–Kier alpha value is -3.03. The summed E-state index contributed by atoms with van der Waals surface area (Å²) in [6, 6.07) is 16.2. The summed E-state index contributed by atoms with van der Waals surface area (Å²) in [5.41, 5.74) is 10.4. The summed E-state index contributed by atoms with van der Waals surface area (Å²) < 4.78 is 0. The normalized spacial score (nSPS) is 14.9. The molecule has 1 fully saturated rings. The maximum absolute atomic E-state index is 12.6. The van der Waals surface area contributed by atoms with Gasteiger partial charge >= 0.3 is 0 Å². The Labute approximate surface area is 192 Å². The van der Waals surface area contributed by atoms with Crippen molar-refractivity contribution in [2.75, 3.05) is 18.4 Å². The lowest BCUT2D eigenvalue weighted by Gasteiger charge is -2.30. The Bertz CT molecular complexity index is 1090. The van der Waals surface area contributed by atoms with E-state index < -0.39 is 0 Å². The Morgan fingerprint density at radius 1 is 1.16 bits per heavy atom. The fourth-order valence-electron chi connectivity index (χ4n) is 3.97. The topological polar surface area (TPSA) is 88.3 Å². The maximum Gasteiger partial charge on any atom is 0.230 e. The van der Waals surface area contributed by atoms with Crippen molar-refractivity contribution in [3.8, 4) is 10.6 Å². The molecule has 3 N–H and O–H groups in total. The number of carbonyl (C=O) groups is 2. The number of nitrogens with two attached hydrogens (primary N) is 1. The van der Waals surface area contributed by atoms with Gasteiger partial charge in [0.1, 0.15) is 5.01 Å². The molecule has 0 unspecified atom stereocenters. The lowest BCUT2D eigenvalue weighted by atomic mass is 9.96. The lowest BCUT2D eigenvalue weighted by Crippen LogP contribution is -2.38. The number of primary amides is 1. The molecule has 32 heavy (non-hydrogen) atoms. The number of amides is 2. The molecular weight excluding hydrogens is 420 g/mol. The van der Waals surface area contributed by atoms with Gasteiger partial charge in [-0.2, -0.15) is 0 Å². The molecule has 1 aliphatic rings. The van der Waals surface area contributed by atoms with Gasteiger partial charge in [0.15, 0.2) is 0 Å². The van der Waals surface area contributed by atoms with Crippen molar-refractivity contribution in [3.05, 3.63) is 70.7 Å². The van der Waals surface area contributed by atoms with Crippen molar-refractivity contribution in [2.24, 2.45) is 11.7 Å². The van der Waals surface area contributed by atoms with E-state index in [-0.39, 0.29) is 24.2 Å². The van der Waals surface area contributed by atoms with E-state index in [1.54, 1.807) is 11.3 Å². The van der Waals surface area contributed by atoms with Gasteiger partial charge in [0, 0.05) is 29.1 Å².